The monoisotopic (exact) mass is 336 g/mol. The van der Waals surface area contributed by atoms with Gasteiger partial charge in [0.25, 0.3) is 5.69 Å². The van der Waals surface area contributed by atoms with Crippen molar-refractivity contribution in [3.8, 4) is 0 Å². The first-order valence-corrected chi connectivity index (χ1v) is 6.31. The fraction of sp³-hybridized carbons (Fsp3) is 0. The molecule has 0 spiro atoms. The summed E-state index contributed by atoms with van der Waals surface area (Å²) < 4.78 is 0.894. The second-order valence-corrected chi connectivity index (χ2v) is 4.84. The number of rotatable bonds is 4. The summed E-state index contributed by atoms with van der Waals surface area (Å²) in [5, 5.41) is 22.7. The summed E-state index contributed by atoms with van der Waals surface area (Å²) in [6.45, 7) is 0. The molecule has 0 bridgehead atoms. The van der Waals surface area contributed by atoms with Gasteiger partial charge in [-0.25, -0.2) is 4.79 Å². The van der Waals surface area contributed by atoms with Gasteiger partial charge in [-0.05, 0) is 30.3 Å². The van der Waals surface area contributed by atoms with E-state index >= 15 is 0 Å². The topological polar surface area (TPSA) is 92.5 Å². The Labute approximate surface area is 122 Å². The molecule has 2 aromatic rings. The van der Waals surface area contributed by atoms with Gasteiger partial charge in [0.2, 0.25) is 0 Å². The number of halogens is 1. The molecule has 0 saturated heterocycles. The number of aromatic carboxylic acids is 1. The highest BCUT2D eigenvalue weighted by Crippen LogP contribution is 2.26. The van der Waals surface area contributed by atoms with Crippen LogP contribution in [0.15, 0.2) is 46.9 Å². The highest BCUT2D eigenvalue weighted by molar-refractivity contribution is 9.10. The SMILES string of the molecule is O=C(O)c1cc([N+](=O)[O-])ccc1Nc1ccc(Br)cc1. The molecule has 0 aliphatic rings. The number of carboxylic acids is 1. The third-order valence-corrected chi connectivity index (χ3v) is 3.10. The van der Waals surface area contributed by atoms with Crippen LogP contribution < -0.4 is 5.32 Å². The van der Waals surface area contributed by atoms with Gasteiger partial charge in [0.1, 0.15) is 0 Å². The highest BCUT2D eigenvalue weighted by Gasteiger charge is 2.16. The molecular formula is C13H9BrN2O4. The molecule has 2 N–H and O–H groups in total. The third kappa shape index (κ3) is 3.12. The lowest BCUT2D eigenvalue weighted by Gasteiger charge is -2.09. The Kier molecular flexibility index (Phi) is 3.99. The third-order valence-electron chi connectivity index (χ3n) is 2.57. The number of nitrogens with zero attached hydrogens (tertiary/aromatic N) is 1. The van der Waals surface area contributed by atoms with E-state index in [1.807, 2.05) is 0 Å². The van der Waals surface area contributed by atoms with Crippen LogP contribution in [-0.2, 0) is 0 Å². The number of nitrogens with one attached hydrogen (secondary N) is 1. The predicted molar refractivity (Wildman–Crippen MR) is 77.5 cm³/mol. The van der Waals surface area contributed by atoms with Crippen LogP contribution in [0.3, 0.4) is 0 Å². The molecule has 0 atom stereocenters. The summed E-state index contributed by atoms with van der Waals surface area (Å²) in [4.78, 5) is 21.2. The van der Waals surface area contributed by atoms with Gasteiger partial charge in [0, 0.05) is 22.3 Å². The lowest BCUT2D eigenvalue weighted by atomic mass is 10.1. The number of benzene rings is 2. The standard InChI is InChI=1S/C13H9BrN2O4/c14-8-1-3-9(4-2-8)15-12-6-5-10(16(19)20)7-11(12)13(17)18/h1-7,15H,(H,17,18). The molecule has 0 radical (unpaired) electrons. The Morgan fingerprint density at radius 3 is 2.40 bits per heavy atom. The summed E-state index contributed by atoms with van der Waals surface area (Å²) in [5.41, 5.74) is 0.570. The number of nitro benzene ring substituents is 1. The summed E-state index contributed by atoms with van der Waals surface area (Å²) in [5.74, 6) is -1.23. The second-order valence-electron chi connectivity index (χ2n) is 3.92. The number of hydrogen-bond donors (Lipinski definition) is 2. The smallest absolute Gasteiger partial charge is 0.338 e. The Bertz CT molecular complexity index is 671. The summed E-state index contributed by atoms with van der Waals surface area (Å²) in [6, 6.07) is 10.8. The molecule has 0 aromatic heterocycles. The summed E-state index contributed by atoms with van der Waals surface area (Å²) >= 11 is 3.30. The van der Waals surface area contributed by atoms with E-state index in [1.165, 1.54) is 12.1 Å². The first-order valence-electron chi connectivity index (χ1n) is 5.51. The van der Waals surface area contributed by atoms with Gasteiger partial charge in [-0.3, -0.25) is 10.1 Å². The van der Waals surface area contributed by atoms with Crippen molar-refractivity contribution in [3.63, 3.8) is 0 Å². The Hall–Kier alpha value is -2.41. The van der Waals surface area contributed by atoms with E-state index in [2.05, 4.69) is 21.2 Å². The van der Waals surface area contributed by atoms with Crippen molar-refractivity contribution in [2.24, 2.45) is 0 Å². The van der Waals surface area contributed by atoms with Crippen LogP contribution in [0, 0.1) is 10.1 Å². The molecule has 0 unspecified atom stereocenters. The van der Waals surface area contributed by atoms with Gasteiger partial charge in [0.15, 0.2) is 0 Å². The lowest BCUT2D eigenvalue weighted by molar-refractivity contribution is -0.384. The zero-order valence-electron chi connectivity index (χ0n) is 10.0. The lowest BCUT2D eigenvalue weighted by Crippen LogP contribution is -2.03. The van der Waals surface area contributed by atoms with Crippen molar-refractivity contribution in [2.45, 2.75) is 0 Å². The number of non-ortho nitro benzene ring substituents is 1. The number of carbonyl (C=O) groups is 1. The van der Waals surface area contributed by atoms with Crippen molar-refractivity contribution >= 4 is 39.0 Å². The number of hydrogen-bond acceptors (Lipinski definition) is 4. The first kappa shape index (κ1) is 14.0. The molecule has 0 aliphatic carbocycles. The van der Waals surface area contributed by atoms with Crippen LogP contribution in [0.25, 0.3) is 0 Å². The van der Waals surface area contributed by atoms with Crippen molar-refractivity contribution in [1.29, 1.82) is 0 Å². The minimum atomic E-state index is -1.23. The van der Waals surface area contributed by atoms with Crippen LogP contribution in [-0.4, -0.2) is 16.0 Å². The van der Waals surface area contributed by atoms with Crippen molar-refractivity contribution < 1.29 is 14.8 Å². The van der Waals surface area contributed by atoms with E-state index in [1.54, 1.807) is 24.3 Å². The van der Waals surface area contributed by atoms with E-state index in [0.29, 0.717) is 11.4 Å². The average molecular weight is 337 g/mol. The average Bonchev–Trinajstić information content (AvgIpc) is 2.41. The minimum absolute atomic E-state index is 0.151. The molecule has 0 heterocycles. The van der Waals surface area contributed by atoms with Crippen molar-refractivity contribution in [1.82, 2.24) is 0 Å². The first-order chi connectivity index (χ1) is 9.47. The molecule has 2 aromatic carbocycles. The van der Waals surface area contributed by atoms with Crippen LogP contribution in [0.2, 0.25) is 0 Å². The minimum Gasteiger partial charge on any atom is -0.478 e. The Morgan fingerprint density at radius 1 is 1.20 bits per heavy atom. The van der Waals surface area contributed by atoms with Gasteiger partial charge >= 0.3 is 5.97 Å². The van der Waals surface area contributed by atoms with Crippen molar-refractivity contribution in [3.05, 3.63) is 62.6 Å². The fourth-order valence-corrected chi connectivity index (χ4v) is 1.88. The van der Waals surface area contributed by atoms with Gasteiger partial charge in [-0.1, -0.05) is 15.9 Å². The maximum Gasteiger partial charge on any atom is 0.338 e. The fourth-order valence-electron chi connectivity index (χ4n) is 1.62. The highest BCUT2D eigenvalue weighted by atomic mass is 79.9. The van der Waals surface area contributed by atoms with Crippen LogP contribution in [0.1, 0.15) is 10.4 Å². The van der Waals surface area contributed by atoms with Crippen LogP contribution >= 0.6 is 15.9 Å². The van der Waals surface area contributed by atoms with Gasteiger partial charge in [0.05, 0.1) is 16.2 Å². The molecule has 6 nitrogen and oxygen atoms in total. The number of nitro groups is 1. The van der Waals surface area contributed by atoms with Crippen molar-refractivity contribution in [2.75, 3.05) is 5.32 Å². The van der Waals surface area contributed by atoms with E-state index in [9.17, 15) is 14.9 Å². The molecule has 0 fully saturated rings. The second kappa shape index (κ2) is 5.70. The van der Waals surface area contributed by atoms with Gasteiger partial charge in [-0.15, -0.1) is 0 Å². The molecule has 0 amide bonds. The van der Waals surface area contributed by atoms with E-state index in [4.69, 9.17) is 5.11 Å². The van der Waals surface area contributed by atoms with Gasteiger partial charge < -0.3 is 10.4 Å². The largest absolute Gasteiger partial charge is 0.478 e. The molecule has 2 rings (SSSR count). The molecule has 0 saturated carbocycles. The molecule has 20 heavy (non-hydrogen) atoms. The van der Waals surface area contributed by atoms with E-state index in [0.717, 1.165) is 10.5 Å². The quantitative estimate of drug-likeness (QED) is 0.654. The molecule has 0 aliphatic heterocycles. The summed E-state index contributed by atoms with van der Waals surface area (Å²) in [7, 11) is 0. The van der Waals surface area contributed by atoms with E-state index in [-0.39, 0.29) is 11.3 Å². The van der Waals surface area contributed by atoms with Crippen LogP contribution in [0.5, 0.6) is 0 Å². The normalized spacial score (nSPS) is 10.1. The molecule has 102 valence electrons. The zero-order valence-corrected chi connectivity index (χ0v) is 11.6. The number of carboxylic acid groups (broad SMARTS) is 1. The van der Waals surface area contributed by atoms with E-state index < -0.39 is 10.9 Å². The Morgan fingerprint density at radius 2 is 1.85 bits per heavy atom. The Balaban J connectivity index is 2.38. The summed E-state index contributed by atoms with van der Waals surface area (Å²) in [6.07, 6.45) is 0. The predicted octanol–water partition coefficient (Wildman–Crippen LogP) is 3.80. The number of anilines is 2. The maximum atomic E-state index is 11.2. The van der Waals surface area contributed by atoms with Gasteiger partial charge in [-0.2, -0.15) is 0 Å². The molecule has 7 heteroatoms. The zero-order chi connectivity index (χ0) is 14.7. The maximum absolute atomic E-state index is 11.2. The molecular weight excluding hydrogens is 328 g/mol. The van der Waals surface area contributed by atoms with Crippen LogP contribution in [0.4, 0.5) is 17.1 Å².